The van der Waals surface area contributed by atoms with Crippen LogP contribution in [0.4, 0.5) is 0 Å². The molecule has 0 saturated heterocycles. The zero-order chi connectivity index (χ0) is 18.1. The Balaban J connectivity index is 1.74. The van der Waals surface area contributed by atoms with Crippen LogP contribution in [0.1, 0.15) is 34.1 Å². The second kappa shape index (κ2) is 7.09. The predicted octanol–water partition coefficient (Wildman–Crippen LogP) is 5.69. The topological polar surface area (TPSA) is 45.8 Å². The summed E-state index contributed by atoms with van der Waals surface area (Å²) in [6, 6.07) is 18.1. The van der Waals surface area contributed by atoms with E-state index in [1.807, 2.05) is 36.4 Å². The maximum absolute atomic E-state index is 13.1. The molecule has 1 aliphatic heterocycles. The Morgan fingerprint density at radius 2 is 1.88 bits per heavy atom. The molecule has 2 heterocycles. The van der Waals surface area contributed by atoms with Gasteiger partial charge in [0, 0.05) is 21.5 Å². The first-order valence-electron chi connectivity index (χ1n) is 8.08. The number of furan rings is 1. The Kier molecular flexibility index (Phi) is 4.66. The molecular weight excluding hydrogens is 416 g/mol. The molecule has 4 rings (SSSR count). The average molecular weight is 430 g/mol. The minimum atomic E-state index is -0.214. The summed E-state index contributed by atoms with van der Waals surface area (Å²) in [5.41, 5.74) is 2.29. The van der Waals surface area contributed by atoms with Crippen LogP contribution < -0.4 is 0 Å². The van der Waals surface area contributed by atoms with E-state index < -0.39 is 0 Å². The first-order valence-corrected chi connectivity index (χ1v) is 9.25. The summed E-state index contributed by atoms with van der Waals surface area (Å²) in [5, 5.41) is 6.70. The normalized spacial score (nSPS) is 16.6. The Labute approximate surface area is 164 Å². The van der Waals surface area contributed by atoms with Gasteiger partial charge in [-0.1, -0.05) is 45.7 Å². The van der Waals surface area contributed by atoms with Crippen molar-refractivity contribution in [3.63, 3.8) is 0 Å². The molecule has 4 nitrogen and oxygen atoms in total. The number of rotatable bonds is 3. The highest BCUT2D eigenvalue weighted by Gasteiger charge is 2.35. The van der Waals surface area contributed by atoms with Gasteiger partial charge in [-0.2, -0.15) is 5.10 Å². The number of nitrogens with zero attached hydrogens (tertiary/aromatic N) is 2. The third-order valence-electron chi connectivity index (χ3n) is 4.28. The largest absolute Gasteiger partial charge is 0.463 e. The number of hydrogen-bond donors (Lipinski definition) is 0. The van der Waals surface area contributed by atoms with Crippen LogP contribution in [0.15, 0.2) is 80.9 Å². The Bertz CT molecular complexity index is 968. The standard InChI is InChI=1S/C20H14BrClN2O2/c21-16-5-2-1-4-15(16)18-12-17(19-6-3-11-26-19)23-24(18)20(25)13-7-9-14(22)10-8-13/h1-11,18H,12H2/t18-/m0/s1. The number of benzene rings is 2. The molecular formula is C20H14BrClN2O2. The fourth-order valence-corrected chi connectivity index (χ4v) is 3.68. The summed E-state index contributed by atoms with van der Waals surface area (Å²) in [6.07, 6.45) is 2.18. The average Bonchev–Trinajstić information content (AvgIpc) is 3.32. The number of hydrogen-bond acceptors (Lipinski definition) is 3. The van der Waals surface area contributed by atoms with Crippen LogP contribution in [0.2, 0.25) is 5.02 Å². The molecule has 0 saturated carbocycles. The smallest absolute Gasteiger partial charge is 0.274 e. The van der Waals surface area contributed by atoms with E-state index in [9.17, 15) is 4.79 Å². The molecule has 26 heavy (non-hydrogen) atoms. The minimum absolute atomic E-state index is 0.177. The molecule has 130 valence electrons. The van der Waals surface area contributed by atoms with Crippen molar-refractivity contribution in [3.8, 4) is 0 Å². The monoisotopic (exact) mass is 428 g/mol. The number of carbonyl (C=O) groups is 1. The molecule has 0 spiro atoms. The third-order valence-corrected chi connectivity index (χ3v) is 5.25. The molecule has 1 aromatic heterocycles. The van der Waals surface area contributed by atoms with Gasteiger partial charge in [0.05, 0.1) is 12.3 Å². The summed E-state index contributed by atoms with van der Waals surface area (Å²) in [5.74, 6) is 0.498. The van der Waals surface area contributed by atoms with Crippen LogP contribution in [0, 0.1) is 0 Å². The van der Waals surface area contributed by atoms with E-state index in [4.69, 9.17) is 16.0 Å². The fourth-order valence-electron chi connectivity index (χ4n) is 3.00. The molecule has 0 radical (unpaired) electrons. The van der Waals surface area contributed by atoms with Gasteiger partial charge in [-0.05, 0) is 48.0 Å². The predicted molar refractivity (Wildman–Crippen MR) is 104 cm³/mol. The van der Waals surface area contributed by atoms with Crippen molar-refractivity contribution in [1.29, 1.82) is 0 Å². The van der Waals surface area contributed by atoms with E-state index in [0.29, 0.717) is 22.8 Å². The molecule has 0 bridgehead atoms. The van der Waals surface area contributed by atoms with Gasteiger partial charge in [-0.15, -0.1) is 0 Å². The van der Waals surface area contributed by atoms with Crippen LogP contribution in [0.3, 0.4) is 0 Å². The van der Waals surface area contributed by atoms with E-state index >= 15 is 0 Å². The van der Waals surface area contributed by atoms with E-state index in [-0.39, 0.29) is 11.9 Å². The summed E-state index contributed by atoms with van der Waals surface area (Å²) < 4.78 is 6.42. The Hall–Kier alpha value is -2.37. The molecule has 3 aromatic rings. The second-order valence-electron chi connectivity index (χ2n) is 5.92. The SMILES string of the molecule is O=C(c1ccc(Cl)cc1)N1N=C(c2ccco2)C[C@H]1c1ccccc1Br. The molecule has 6 heteroatoms. The number of halogens is 2. The van der Waals surface area contributed by atoms with E-state index in [1.54, 1.807) is 30.5 Å². The lowest BCUT2D eigenvalue weighted by atomic mass is 10.0. The molecule has 0 N–H and O–H groups in total. The van der Waals surface area contributed by atoms with Gasteiger partial charge < -0.3 is 4.42 Å². The summed E-state index contributed by atoms with van der Waals surface area (Å²) in [7, 11) is 0. The number of hydrazone groups is 1. The first kappa shape index (κ1) is 17.1. The molecule has 0 fully saturated rings. The van der Waals surface area contributed by atoms with Gasteiger partial charge >= 0.3 is 0 Å². The lowest BCUT2D eigenvalue weighted by molar-refractivity contribution is 0.0710. The molecule has 1 amide bonds. The molecule has 2 aromatic carbocycles. The Morgan fingerprint density at radius 3 is 2.58 bits per heavy atom. The molecule has 0 unspecified atom stereocenters. The van der Waals surface area contributed by atoms with Gasteiger partial charge in [0.1, 0.15) is 11.5 Å². The van der Waals surface area contributed by atoms with Crippen molar-refractivity contribution >= 4 is 39.1 Å². The zero-order valence-corrected chi connectivity index (χ0v) is 15.9. The number of carbonyl (C=O) groups excluding carboxylic acids is 1. The van der Waals surface area contributed by atoms with Crippen LogP contribution in [-0.2, 0) is 0 Å². The van der Waals surface area contributed by atoms with Crippen LogP contribution in [0.25, 0.3) is 0 Å². The fraction of sp³-hybridized carbons (Fsp3) is 0.100. The summed E-state index contributed by atoms with van der Waals surface area (Å²) in [6.45, 7) is 0. The highest BCUT2D eigenvalue weighted by molar-refractivity contribution is 9.10. The zero-order valence-electron chi connectivity index (χ0n) is 13.6. The van der Waals surface area contributed by atoms with Crippen molar-refractivity contribution in [1.82, 2.24) is 5.01 Å². The van der Waals surface area contributed by atoms with Gasteiger partial charge in [0.15, 0.2) is 0 Å². The van der Waals surface area contributed by atoms with Crippen LogP contribution >= 0.6 is 27.5 Å². The Morgan fingerprint density at radius 1 is 1.12 bits per heavy atom. The maximum atomic E-state index is 13.1. The molecule has 0 aliphatic carbocycles. The van der Waals surface area contributed by atoms with Gasteiger partial charge in [-0.25, -0.2) is 5.01 Å². The van der Waals surface area contributed by atoms with E-state index in [0.717, 1.165) is 15.7 Å². The lowest BCUT2D eigenvalue weighted by Gasteiger charge is -2.23. The van der Waals surface area contributed by atoms with Crippen molar-refractivity contribution in [2.24, 2.45) is 5.10 Å². The van der Waals surface area contributed by atoms with Crippen LogP contribution in [-0.4, -0.2) is 16.6 Å². The molecule has 1 atom stereocenters. The lowest BCUT2D eigenvalue weighted by Crippen LogP contribution is -2.27. The van der Waals surface area contributed by atoms with Crippen LogP contribution in [0.5, 0.6) is 0 Å². The second-order valence-corrected chi connectivity index (χ2v) is 7.21. The molecule has 1 aliphatic rings. The van der Waals surface area contributed by atoms with Crippen molar-refractivity contribution in [2.45, 2.75) is 12.5 Å². The van der Waals surface area contributed by atoms with Gasteiger partial charge in [-0.3, -0.25) is 4.79 Å². The van der Waals surface area contributed by atoms with Gasteiger partial charge in [0.2, 0.25) is 0 Å². The third kappa shape index (κ3) is 3.20. The quantitative estimate of drug-likeness (QED) is 0.537. The van der Waals surface area contributed by atoms with Crippen molar-refractivity contribution in [3.05, 3.63) is 93.3 Å². The highest BCUT2D eigenvalue weighted by Crippen LogP contribution is 2.37. The van der Waals surface area contributed by atoms with E-state index in [2.05, 4.69) is 21.0 Å². The van der Waals surface area contributed by atoms with Gasteiger partial charge in [0.25, 0.3) is 5.91 Å². The summed E-state index contributed by atoms with van der Waals surface area (Å²) >= 11 is 9.53. The minimum Gasteiger partial charge on any atom is -0.463 e. The summed E-state index contributed by atoms with van der Waals surface area (Å²) in [4.78, 5) is 13.1. The van der Waals surface area contributed by atoms with E-state index in [1.165, 1.54) is 5.01 Å². The highest BCUT2D eigenvalue weighted by atomic mass is 79.9. The number of amides is 1. The van der Waals surface area contributed by atoms with Crippen molar-refractivity contribution < 1.29 is 9.21 Å². The first-order chi connectivity index (χ1) is 12.6. The maximum Gasteiger partial charge on any atom is 0.274 e. The van der Waals surface area contributed by atoms with Crippen molar-refractivity contribution in [2.75, 3.05) is 0 Å².